The largest absolute Gasteiger partial charge is 0.478 e. The van der Waals surface area contributed by atoms with Crippen LogP contribution in [0.4, 0.5) is 4.39 Å². The van der Waals surface area contributed by atoms with Crippen LogP contribution < -0.4 is 0 Å². The molecule has 1 aromatic carbocycles. The van der Waals surface area contributed by atoms with Crippen molar-refractivity contribution in [2.45, 2.75) is 6.67 Å². The number of para-hydroxylation sites is 1. The fraction of sp³-hybridized carbons (Fsp3) is 0.200. The highest BCUT2D eigenvalue weighted by atomic mass is 19.1. The van der Waals surface area contributed by atoms with E-state index in [2.05, 4.69) is 5.10 Å². The van der Waals surface area contributed by atoms with E-state index in [-0.39, 0.29) is 11.3 Å². The number of fused-ring (bicyclic) bond motifs is 1. The Morgan fingerprint density at radius 3 is 2.93 bits per heavy atom. The van der Waals surface area contributed by atoms with E-state index in [9.17, 15) is 9.18 Å². The number of nitrogens with zero attached hydrogens (tertiary/aromatic N) is 2. The van der Waals surface area contributed by atoms with Crippen LogP contribution in [0.5, 0.6) is 0 Å². The summed E-state index contributed by atoms with van der Waals surface area (Å²) in [7, 11) is 1.61. The summed E-state index contributed by atoms with van der Waals surface area (Å²) < 4.78 is 14.0. The van der Waals surface area contributed by atoms with Crippen molar-refractivity contribution >= 4 is 16.9 Å². The first-order valence-electron chi connectivity index (χ1n) is 4.39. The van der Waals surface area contributed by atoms with E-state index in [1.165, 1.54) is 10.7 Å². The van der Waals surface area contributed by atoms with E-state index in [1.807, 2.05) is 0 Å². The van der Waals surface area contributed by atoms with E-state index in [4.69, 9.17) is 5.11 Å². The lowest BCUT2D eigenvalue weighted by Crippen LogP contribution is -2.00. The second-order valence-corrected chi connectivity index (χ2v) is 3.21. The minimum absolute atomic E-state index is 0.141. The smallest absolute Gasteiger partial charge is 0.337 e. The summed E-state index contributed by atoms with van der Waals surface area (Å²) in [4.78, 5) is 10.9. The molecule has 0 atom stereocenters. The van der Waals surface area contributed by atoms with E-state index in [1.54, 1.807) is 19.2 Å². The van der Waals surface area contributed by atoms with Gasteiger partial charge in [-0.05, 0) is 6.07 Å². The van der Waals surface area contributed by atoms with Gasteiger partial charge in [0.2, 0.25) is 0 Å². The third kappa shape index (κ3) is 1.36. The van der Waals surface area contributed by atoms with Crippen LogP contribution >= 0.6 is 0 Å². The molecular weight excluding hydrogens is 199 g/mol. The van der Waals surface area contributed by atoms with Gasteiger partial charge in [0.15, 0.2) is 0 Å². The van der Waals surface area contributed by atoms with Gasteiger partial charge in [-0.25, -0.2) is 9.18 Å². The van der Waals surface area contributed by atoms with Gasteiger partial charge in [0.05, 0.1) is 11.1 Å². The number of carboxylic acids is 1. The Balaban J connectivity index is 2.86. The number of rotatable bonds is 2. The molecule has 2 rings (SSSR count). The zero-order valence-electron chi connectivity index (χ0n) is 8.07. The van der Waals surface area contributed by atoms with Crippen molar-refractivity contribution in [3.05, 3.63) is 29.5 Å². The second-order valence-electron chi connectivity index (χ2n) is 3.21. The van der Waals surface area contributed by atoms with E-state index in [0.717, 1.165) is 0 Å². The first-order valence-corrected chi connectivity index (χ1v) is 4.39. The number of halogens is 1. The molecule has 0 fully saturated rings. The summed E-state index contributed by atoms with van der Waals surface area (Å²) in [5.41, 5.74) is 0.871. The second kappa shape index (κ2) is 3.34. The number of hydrogen-bond acceptors (Lipinski definition) is 2. The maximum atomic E-state index is 12.6. The van der Waals surface area contributed by atoms with Gasteiger partial charge in [-0.3, -0.25) is 4.68 Å². The maximum Gasteiger partial charge on any atom is 0.337 e. The number of carbonyl (C=O) groups is 1. The van der Waals surface area contributed by atoms with Crippen LogP contribution in [0.3, 0.4) is 0 Å². The van der Waals surface area contributed by atoms with Crippen LogP contribution in [0, 0.1) is 0 Å². The zero-order chi connectivity index (χ0) is 11.0. The molecule has 0 radical (unpaired) electrons. The van der Waals surface area contributed by atoms with Crippen LogP contribution in [0.2, 0.25) is 0 Å². The Bertz CT molecular complexity index is 533. The molecule has 5 heteroatoms. The van der Waals surface area contributed by atoms with Crippen LogP contribution in [0.1, 0.15) is 16.1 Å². The van der Waals surface area contributed by atoms with Crippen molar-refractivity contribution in [3.63, 3.8) is 0 Å². The van der Waals surface area contributed by atoms with Gasteiger partial charge in [0.25, 0.3) is 0 Å². The SMILES string of the molecule is Cn1nc(CF)c2cccc(C(=O)O)c21. The van der Waals surface area contributed by atoms with Crippen molar-refractivity contribution < 1.29 is 14.3 Å². The molecule has 0 aliphatic heterocycles. The summed E-state index contributed by atoms with van der Waals surface area (Å²) in [5.74, 6) is -1.03. The Kier molecular flexibility index (Phi) is 2.15. The average Bonchev–Trinajstić information content (AvgIpc) is 2.55. The quantitative estimate of drug-likeness (QED) is 0.817. The van der Waals surface area contributed by atoms with Crippen molar-refractivity contribution in [1.82, 2.24) is 9.78 Å². The minimum Gasteiger partial charge on any atom is -0.478 e. The summed E-state index contributed by atoms with van der Waals surface area (Å²) in [6, 6.07) is 4.74. The van der Waals surface area contributed by atoms with Crippen LogP contribution in [0.25, 0.3) is 10.9 Å². The molecule has 2 aromatic rings. The molecule has 15 heavy (non-hydrogen) atoms. The lowest BCUT2D eigenvalue weighted by Gasteiger charge is -1.98. The van der Waals surface area contributed by atoms with Gasteiger partial charge in [-0.1, -0.05) is 12.1 Å². The molecule has 0 unspecified atom stereocenters. The molecule has 1 N–H and O–H groups in total. The van der Waals surface area contributed by atoms with Crippen molar-refractivity contribution in [2.75, 3.05) is 0 Å². The number of hydrogen-bond donors (Lipinski definition) is 1. The number of aromatic carboxylic acids is 1. The topological polar surface area (TPSA) is 55.1 Å². The molecule has 0 bridgehead atoms. The third-order valence-corrected chi connectivity index (χ3v) is 2.30. The minimum atomic E-state index is -1.03. The molecule has 1 heterocycles. The van der Waals surface area contributed by atoms with Gasteiger partial charge < -0.3 is 5.11 Å². The summed E-state index contributed by atoms with van der Waals surface area (Å²) >= 11 is 0. The number of aryl methyl sites for hydroxylation is 1. The number of alkyl halides is 1. The van der Waals surface area contributed by atoms with Crippen LogP contribution in [-0.2, 0) is 13.7 Å². The van der Waals surface area contributed by atoms with Crippen molar-refractivity contribution in [3.8, 4) is 0 Å². The molecule has 0 amide bonds. The Labute approximate surface area is 84.9 Å². The van der Waals surface area contributed by atoms with Crippen molar-refractivity contribution in [2.24, 2.45) is 7.05 Å². The molecule has 0 saturated carbocycles. The normalized spacial score (nSPS) is 10.8. The lowest BCUT2D eigenvalue weighted by atomic mass is 10.1. The van der Waals surface area contributed by atoms with Crippen LogP contribution in [-0.4, -0.2) is 20.9 Å². The first kappa shape index (κ1) is 9.64. The van der Waals surface area contributed by atoms with E-state index in [0.29, 0.717) is 10.9 Å². The zero-order valence-corrected chi connectivity index (χ0v) is 8.07. The van der Waals surface area contributed by atoms with Crippen molar-refractivity contribution in [1.29, 1.82) is 0 Å². The molecule has 0 aliphatic carbocycles. The Morgan fingerprint density at radius 2 is 2.33 bits per heavy atom. The van der Waals surface area contributed by atoms with E-state index >= 15 is 0 Å². The predicted molar refractivity (Wildman–Crippen MR) is 52.5 cm³/mol. The monoisotopic (exact) mass is 208 g/mol. The fourth-order valence-electron chi connectivity index (χ4n) is 1.68. The first-order chi connectivity index (χ1) is 7.15. The highest BCUT2D eigenvalue weighted by molar-refractivity contribution is 6.02. The highest BCUT2D eigenvalue weighted by Gasteiger charge is 2.15. The van der Waals surface area contributed by atoms with Gasteiger partial charge in [-0.2, -0.15) is 5.10 Å². The molecular formula is C10H9FN2O2. The molecule has 4 nitrogen and oxygen atoms in total. The number of benzene rings is 1. The van der Waals surface area contributed by atoms with Gasteiger partial charge in [0, 0.05) is 12.4 Å². The fourth-order valence-corrected chi connectivity index (χ4v) is 1.68. The van der Waals surface area contributed by atoms with Gasteiger partial charge in [-0.15, -0.1) is 0 Å². The Hall–Kier alpha value is -1.91. The lowest BCUT2D eigenvalue weighted by molar-refractivity contribution is 0.0698. The number of aromatic nitrogens is 2. The summed E-state index contributed by atoms with van der Waals surface area (Å²) in [6.07, 6.45) is 0. The standard InChI is InChI=1S/C10H9FN2O2/c1-13-9-6(8(5-11)12-13)3-2-4-7(9)10(14)15/h2-4H,5H2,1H3,(H,14,15). The Morgan fingerprint density at radius 1 is 1.60 bits per heavy atom. The van der Waals surface area contributed by atoms with Crippen LogP contribution in [0.15, 0.2) is 18.2 Å². The maximum absolute atomic E-state index is 12.6. The highest BCUT2D eigenvalue weighted by Crippen LogP contribution is 2.22. The predicted octanol–water partition coefficient (Wildman–Crippen LogP) is 1.74. The van der Waals surface area contributed by atoms with E-state index < -0.39 is 12.6 Å². The molecule has 0 spiro atoms. The third-order valence-electron chi connectivity index (χ3n) is 2.30. The number of carboxylic acid groups (broad SMARTS) is 1. The summed E-state index contributed by atoms with van der Waals surface area (Å²) in [5, 5.41) is 13.4. The molecule has 0 aliphatic rings. The molecule has 0 saturated heterocycles. The molecule has 1 aromatic heterocycles. The van der Waals surface area contributed by atoms with Gasteiger partial charge >= 0.3 is 5.97 Å². The summed E-state index contributed by atoms with van der Waals surface area (Å²) in [6.45, 7) is -0.694. The van der Waals surface area contributed by atoms with Gasteiger partial charge in [0.1, 0.15) is 12.4 Å². The average molecular weight is 208 g/mol. The molecule has 78 valence electrons.